The molecule has 1 aromatic carbocycles. The molecule has 6 nitrogen and oxygen atoms in total. The van der Waals surface area contributed by atoms with E-state index >= 15 is 0 Å². The summed E-state index contributed by atoms with van der Waals surface area (Å²) in [6.45, 7) is 1.86. The SMILES string of the molecule is CCCCS(=O)(=O)Oc1c(N)oc(-c2ccc(Cl)cc2)c1O. The van der Waals surface area contributed by atoms with Crippen LogP contribution in [0.2, 0.25) is 5.02 Å². The summed E-state index contributed by atoms with van der Waals surface area (Å²) < 4.78 is 33.7. The summed E-state index contributed by atoms with van der Waals surface area (Å²) in [7, 11) is -3.84. The molecular weight excluding hydrogens is 330 g/mol. The standard InChI is InChI=1S/C14H16ClNO5S/c1-2-3-8-22(18,19)21-13-11(17)12(20-14(13)16)9-4-6-10(15)7-5-9/h4-7,17H,2-3,8,16H2,1H3. The summed E-state index contributed by atoms with van der Waals surface area (Å²) in [5, 5.41) is 10.6. The third kappa shape index (κ3) is 3.66. The van der Waals surface area contributed by atoms with Crippen LogP contribution in [0.5, 0.6) is 11.5 Å². The predicted octanol–water partition coefficient (Wildman–Crippen LogP) is 3.40. The van der Waals surface area contributed by atoms with Gasteiger partial charge in [0.2, 0.25) is 17.4 Å². The first-order chi connectivity index (χ1) is 10.3. The van der Waals surface area contributed by atoms with Gasteiger partial charge in [-0.2, -0.15) is 8.42 Å². The van der Waals surface area contributed by atoms with Crippen molar-refractivity contribution in [3.05, 3.63) is 29.3 Å². The quantitative estimate of drug-likeness (QED) is 0.778. The summed E-state index contributed by atoms with van der Waals surface area (Å²) in [4.78, 5) is 0. The molecule has 1 aromatic heterocycles. The van der Waals surface area contributed by atoms with Crippen molar-refractivity contribution in [3.8, 4) is 22.8 Å². The minimum absolute atomic E-state index is 0.0230. The van der Waals surface area contributed by atoms with Crippen molar-refractivity contribution in [2.75, 3.05) is 11.5 Å². The number of anilines is 1. The first-order valence-corrected chi connectivity index (χ1v) is 8.59. The van der Waals surface area contributed by atoms with Gasteiger partial charge in [0.15, 0.2) is 5.76 Å². The highest BCUT2D eigenvalue weighted by molar-refractivity contribution is 7.87. The van der Waals surface area contributed by atoms with E-state index in [-0.39, 0.29) is 23.1 Å². The first kappa shape index (κ1) is 16.5. The molecule has 0 unspecified atom stereocenters. The topological polar surface area (TPSA) is 103 Å². The smallest absolute Gasteiger partial charge is 0.309 e. The zero-order chi connectivity index (χ0) is 16.3. The first-order valence-electron chi connectivity index (χ1n) is 6.63. The lowest BCUT2D eigenvalue weighted by molar-refractivity contribution is 0.432. The van der Waals surface area contributed by atoms with E-state index in [1.54, 1.807) is 24.3 Å². The summed E-state index contributed by atoms with van der Waals surface area (Å²) >= 11 is 5.79. The second kappa shape index (κ2) is 6.50. The highest BCUT2D eigenvalue weighted by atomic mass is 35.5. The van der Waals surface area contributed by atoms with E-state index in [1.807, 2.05) is 6.92 Å². The molecule has 0 bridgehead atoms. The van der Waals surface area contributed by atoms with Gasteiger partial charge in [0.1, 0.15) is 0 Å². The molecule has 0 saturated heterocycles. The van der Waals surface area contributed by atoms with Crippen LogP contribution in [0.3, 0.4) is 0 Å². The molecule has 0 atom stereocenters. The van der Waals surface area contributed by atoms with Crippen molar-refractivity contribution < 1.29 is 22.1 Å². The van der Waals surface area contributed by atoms with E-state index in [0.29, 0.717) is 23.4 Å². The average molecular weight is 346 g/mol. The zero-order valence-electron chi connectivity index (χ0n) is 11.9. The van der Waals surface area contributed by atoms with Crippen LogP contribution in [0.25, 0.3) is 11.3 Å². The zero-order valence-corrected chi connectivity index (χ0v) is 13.4. The number of rotatable bonds is 6. The lowest BCUT2D eigenvalue weighted by atomic mass is 10.1. The summed E-state index contributed by atoms with van der Waals surface area (Å²) in [5.74, 6) is -1.29. The van der Waals surface area contributed by atoms with E-state index in [4.69, 9.17) is 25.9 Å². The summed E-state index contributed by atoms with van der Waals surface area (Å²) in [5.41, 5.74) is 6.10. The Morgan fingerprint density at radius 2 is 1.95 bits per heavy atom. The van der Waals surface area contributed by atoms with E-state index in [1.165, 1.54) is 0 Å². The van der Waals surface area contributed by atoms with Gasteiger partial charge in [-0.25, -0.2) is 0 Å². The van der Waals surface area contributed by atoms with Crippen LogP contribution in [-0.2, 0) is 10.1 Å². The maximum absolute atomic E-state index is 11.8. The van der Waals surface area contributed by atoms with Crippen LogP contribution in [0.1, 0.15) is 19.8 Å². The van der Waals surface area contributed by atoms with Gasteiger partial charge in [0, 0.05) is 10.6 Å². The van der Waals surface area contributed by atoms with E-state index in [2.05, 4.69) is 0 Å². The van der Waals surface area contributed by atoms with Crippen LogP contribution in [0.4, 0.5) is 5.88 Å². The van der Waals surface area contributed by atoms with Crippen LogP contribution in [0, 0.1) is 0 Å². The maximum Gasteiger partial charge on any atom is 0.309 e. The molecule has 0 spiro atoms. The molecule has 120 valence electrons. The Morgan fingerprint density at radius 3 is 2.55 bits per heavy atom. The van der Waals surface area contributed by atoms with Gasteiger partial charge in [-0.3, -0.25) is 0 Å². The Balaban J connectivity index is 2.33. The Labute approximate surface area is 133 Å². The molecule has 0 radical (unpaired) electrons. The Kier molecular flexibility index (Phi) is 4.87. The number of hydrogen-bond acceptors (Lipinski definition) is 6. The maximum atomic E-state index is 11.8. The number of aromatic hydroxyl groups is 1. The van der Waals surface area contributed by atoms with Gasteiger partial charge in [0.05, 0.1) is 5.75 Å². The fourth-order valence-electron chi connectivity index (χ4n) is 1.79. The highest BCUT2D eigenvalue weighted by Crippen LogP contribution is 2.45. The number of unbranched alkanes of at least 4 members (excludes halogenated alkanes) is 1. The molecule has 2 aromatic rings. The average Bonchev–Trinajstić information content (AvgIpc) is 2.74. The van der Waals surface area contributed by atoms with Crippen molar-refractivity contribution in [3.63, 3.8) is 0 Å². The minimum Gasteiger partial charge on any atom is -0.501 e. The predicted molar refractivity (Wildman–Crippen MR) is 84.6 cm³/mol. The molecule has 2 rings (SSSR count). The van der Waals surface area contributed by atoms with Crippen molar-refractivity contribution in [1.29, 1.82) is 0 Å². The second-order valence-electron chi connectivity index (χ2n) is 4.68. The van der Waals surface area contributed by atoms with E-state index in [9.17, 15) is 13.5 Å². The van der Waals surface area contributed by atoms with Gasteiger partial charge in [-0.15, -0.1) is 0 Å². The number of nitrogen functional groups attached to an aromatic ring is 1. The number of furan rings is 1. The number of halogens is 1. The Morgan fingerprint density at radius 1 is 1.32 bits per heavy atom. The molecular formula is C14H16ClNO5S. The monoisotopic (exact) mass is 345 g/mol. The Bertz CT molecular complexity index is 752. The van der Waals surface area contributed by atoms with Gasteiger partial charge in [0.25, 0.3) is 0 Å². The number of hydrogen-bond donors (Lipinski definition) is 2. The minimum atomic E-state index is -3.84. The molecule has 0 aliphatic rings. The number of benzene rings is 1. The van der Waals surface area contributed by atoms with Crippen molar-refractivity contribution in [1.82, 2.24) is 0 Å². The fourth-order valence-corrected chi connectivity index (χ4v) is 3.06. The van der Waals surface area contributed by atoms with Gasteiger partial charge in [-0.05, 0) is 30.7 Å². The lowest BCUT2D eigenvalue weighted by Gasteiger charge is -2.05. The third-order valence-corrected chi connectivity index (χ3v) is 4.39. The van der Waals surface area contributed by atoms with Crippen LogP contribution >= 0.6 is 11.6 Å². The molecule has 0 aliphatic heterocycles. The van der Waals surface area contributed by atoms with Gasteiger partial charge < -0.3 is 19.4 Å². The van der Waals surface area contributed by atoms with Crippen molar-refractivity contribution in [2.24, 2.45) is 0 Å². The number of nitrogens with two attached hydrogens (primary N) is 1. The highest BCUT2D eigenvalue weighted by Gasteiger charge is 2.25. The molecule has 0 saturated carbocycles. The van der Waals surface area contributed by atoms with Crippen LogP contribution in [0.15, 0.2) is 28.7 Å². The summed E-state index contributed by atoms with van der Waals surface area (Å²) in [6, 6.07) is 6.42. The van der Waals surface area contributed by atoms with Crippen molar-refractivity contribution >= 4 is 27.6 Å². The lowest BCUT2D eigenvalue weighted by Crippen LogP contribution is -2.14. The van der Waals surface area contributed by atoms with Gasteiger partial charge in [-0.1, -0.05) is 24.9 Å². The molecule has 0 aliphatic carbocycles. The van der Waals surface area contributed by atoms with Crippen molar-refractivity contribution in [2.45, 2.75) is 19.8 Å². The molecule has 0 amide bonds. The molecule has 0 fully saturated rings. The van der Waals surface area contributed by atoms with Crippen LogP contribution < -0.4 is 9.92 Å². The van der Waals surface area contributed by atoms with E-state index < -0.39 is 15.9 Å². The van der Waals surface area contributed by atoms with E-state index in [0.717, 1.165) is 0 Å². The van der Waals surface area contributed by atoms with Crippen LogP contribution in [-0.4, -0.2) is 19.3 Å². The Hall–Kier alpha value is -1.86. The summed E-state index contributed by atoms with van der Waals surface area (Å²) in [6.07, 6.45) is 1.15. The largest absolute Gasteiger partial charge is 0.501 e. The normalized spacial score (nSPS) is 11.5. The third-order valence-electron chi connectivity index (χ3n) is 2.93. The second-order valence-corrected chi connectivity index (χ2v) is 6.81. The molecule has 1 heterocycles. The molecule has 22 heavy (non-hydrogen) atoms. The van der Waals surface area contributed by atoms with Gasteiger partial charge >= 0.3 is 10.1 Å². The molecule has 3 N–H and O–H groups in total. The fraction of sp³-hybridized carbons (Fsp3) is 0.286. The molecule has 8 heteroatoms.